The lowest BCUT2D eigenvalue weighted by atomic mass is 9.93. The molecule has 2 aromatic heterocycles. The number of urea groups is 1. The van der Waals surface area contributed by atoms with Crippen LogP contribution in [0.5, 0.6) is 0 Å². The van der Waals surface area contributed by atoms with Gasteiger partial charge in [0, 0.05) is 37.2 Å². The van der Waals surface area contributed by atoms with E-state index in [9.17, 15) is 4.79 Å². The van der Waals surface area contributed by atoms with Crippen LogP contribution in [0.15, 0.2) is 18.6 Å². The second kappa shape index (κ2) is 7.07. The van der Waals surface area contributed by atoms with E-state index < -0.39 is 0 Å². The molecule has 1 aliphatic carbocycles. The van der Waals surface area contributed by atoms with Gasteiger partial charge in [-0.05, 0) is 25.2 Å². The molecule has 0 aromatic carbocycles. The third-order valence-corrected chi connectivity index (χ3v) is 4.45. The van der Waals surface area contributed by atoms with Crippen LogP contribution in [0.4, 0.5) is 4.79 Å². The normalized spacial score (nSPS) is 16.9. The predicted molar refractivity (Wildman–Crippen MR) is 91.3 cm³/mol. The van der Waals surface area contributed by atoms with Gasteiger partial charge >= 0.3 is 6.03 Å². The van der Waals surface area contributed by atoms with Crippen LogP contribution in [-0.4, -0.2) is 25.4 Å². The number of amides is 2. The Bertz CT molecular complexity index is 702. The maximum Gasteiger partial charge on any atom is 0.315 e. The highest BCUT2D eigenvalue weighted by atomic mass is 16.2. The van der Waals surface area contributed by atoms with Crippen molar-refractivity contribution in [1.82, 2.24) is 30.0 Å². The maximum atomic E-state index is 12.3. The van der Waals surface area contributed by atoms with Crippen molar-refractivity contribution in [1.29, 1.82) is 0 Å². The van der Waals surface area contributed by atoms with Crippen LogP contribution in [0.1, 0.15) is 49.8 Å². The minimum Gasteiger partial charge on any atom is -0.333 e. The fourth-order valence-corrected chi connectivity index (χ4v) is 3.29. The SMILES string of the molecule is CC(C)Cn1ccnc1CNC(=O)N[C@@H]1CCCc2c1cnn2C. The van der Waals surface area contributed by atoms with Gasteiger partial charge in [0.05, 0.1) is 18.8 Å². The molecular weight excluding hydrogens is 304 g/mol. The van der Waals surface area contributed by atoms with E-state index in [0.29, 0.717) is 12.5 Å². The van der Waals surface area contributed by atoms with E-state index in [1.807, 2.05) is 24.1 Å². The molecule has 0 unspecified atom stereocenters. The Morgan fingerprint density at radius 2 is 2.29 bits per heavy atom. The summed E-state index contributed by atoms with van der Waals surface area (Å²) in [4.78, 5) is 16.6. The molecule has 0 fully saturated rings. The molecule has 2 amide bonds. The molecule has 1 atom stereocenters. The molecule has 7 nitrogen and oxygen atoms in total. The lowest BCUT2D eigenvalue weighted by Gasteiger charge is -2.24. The van der Waals surface area contributed by atoms with Crippen molar-refractivity contribution in [2.45, 2.75) is 52.2 Å². The summed E-state index contributed by atoms with van der Waals surface area (Å²) >= 11 is 0. The van der Waals surface area contributed by atoms with Crippen molar-refractivity contribution in [2.24, 2.45) is 13.0 Å². The van der Waals surface area contributed by atoms with Gasteiger partial charge in [-0.25, -0.2) is 9.78 Å². The van der Waals surface area contributed by atoms with Gasteiger partial charge in [-0.1, -0.05) is 13.8 Å². The third kappa shape index (κ3) is 3.60. The first-order valence-electron chi connectivity index (χ1n) is 8.59. The Morgan fingerprint density at radius 1 is 1.46 bits per heavy atom. The number of hydrogen-bond acceptors (Lipinski definition) is 3. The number of carbonyl (C=O) groups is 1. The topological polar surface area (TPSA) is 76.8 Å². The number of aromatic nitrogens is 4. The van der Waals surface area contributed by atoms with E-state index in [4.69, 9.17) is 0 Å². The van der Waals surface area contributed by atoms with Crippen LogP contribution in [-0.2, 0) is 26.6 Å². The first-order chi connectivity index (χ1) is 11.5. The van der Waals surface area contributed by atoms with Crippen molar-refractivity contribution in [3.05, 3.63) is 35.7 Å². The second-order valence-corrected chi connectivity index (χ2v) is 6.83. The summed E-state index contributed by atoms with van der Waals surface area (Å²) in [6, 6.07) is -0.117. The molecule has 0 saturated carbocycles. The molecule has 2 aromatic rings. The predicted octanol–water partition coefficient (Wildman–Crippen LogP) is 2.15. The largest absolute Gasteiger partial charge is 0.333 e. The standard InChI is InChI=1S/C17H26N6O/c1-12(2)11-23-8-7-18-16(23)10-19-17(24)21-14-5-4-6-15-13(14)9-20-22(15)3/h7-9,12,14H,4-6,10-11H2,1-3H3,(H2,19,21,24)/t14-/m1/s1. The Labute approximate surface area is 142 Å². The average molecular weight is 330 g/mol. The van der Waals surface area contributed by atoms with E-state index in [0.717, 1.165) is 37.2 Å². The van der Waals surface area contributed by atoms with Crippen LogP contribution in [0.2, 0.25) is 0 Å². The lowest BCUT2D eigenvalue weighted by molar-refractivity contribution is 0.234. The molecule has 1 aliphatic rings. The molecule has 7 heteroatoms. The molecule has 2 heterocycles. The van der Waals surface area contributed by atoms with Crippen molar-refractivity contribution in [3.63, 3.8) is 0 Å². The summed E-state index contributed by atoms with van der Waals surface area (Å²) in [6.07, 6.45) is 8.65. The van der Waals surface area contributed by atoms with Gasteiger partial charge in [-0.2, -0.15) is 5.10 Å². The van der Waals surface area contributed by atoms with Gasteiger partial charge in [0.25, 0.3) is 0 Å². The first-order valence-corrected chi connectivity index (χ1v) is 8.59. The zero-order chi connectivity index (χ0) is 17.1. The van der Waals surface area contributed by atoms with E-state index in [1.165, 1.54) is 5.69 Å². The van der Waals surface area contributed by atoms with Crippen LogP contribution in [0.3, 0.4) is 0 Å². The van der Waals surface area contributed by atoms with E-state index >= 15 is 0 Å². The number of imidazole rings is 1. The molecule has 0 spiro atoms. The second-order valence-electron chi connectivity index (χ2n) is 6.83. The van der Waals surface area contributed by atoms with Gasteiger partial charge < -0.3 is 15.2 Å². The summed E-state index contributed by atoms with van der Waals surface area (Å²) in [5.74, 6) is 1.42. The Kier molecular flexibility index (Phi) is 4.87. The number of nitrogens with zero attached hydrogens (tertiary/aromatic N) is 4. The van der Waals surface area contributed by atoms with Crippen molar-refractivity contribution < 1.29 is 4.79 Å². The lowest BCUT2D eigenvalue weighted by Crippen LogP contribution is -2.39. The molecule has 130 valence electrons. The third-order valence-electron chi connectivity index (χ3n) is 4.45. The van der Waals surface area contributed by atoms with E-state index in [2.05, 4.69) is 39.1 Å². The van der Waals surface area contributed by atoms with Gasteiger partial charge in [-0.15, -0.1) is 0 Å². The van der Waals surface area contributed by atoms with E-state index in [-0.39, 0.29) is 12.1 Å². The summed E-state index contributed by atoms with van der Waals surface area (Å²) in [6.45, 7) is 5.66. The van der Waals surface area contributed by atoms with Crippen molar-refractivity contribution in [2.75, 3.05) is 0 Å². The van der Waals surface area contributed by atoms with Crippen LogP contribution in [0.25, 0.3) is 0 Å². The number of carbonyl (C=O) groups excluding carboxylic acids is 1. The van der Waals surface area contributed by atoms with Crippen molar-refractivity contribution in [3.8, 4) is 0 Å². The summed E-state index contributed by atoms with van der Waals surface area (Å²) in [5.41, 5.74) is 2.36. The molecular formula is C17H26N6O. The smallest absolute Gasteiger partial charge is 0.315 e. The zero-order valence-corrected chi connectivity index (χ0v) is 14.6. The number of nitrogens with one attached hydrogen (secondary N) is 2. The highest BCUT2D eigenvalue weighted by Gasteiger charge is 2.24. The van der Waals surface area contributed by atoms with Crippen LogP contribution >= 0.6 is 0 Å². The quantitative estimate of drug-likeness (QED) is 0.882. The molecule has 0 saturated heterocycles. The highest BCUT2D eigenvalue weighted by molar-refractivity contribution is 5.74. The fraction of sp³-hybridized carbons (Fsp3) is 0.588. The Balaban J connectivity index is 1.56. The van der Waals surface area contributed by atoms with E-state index in [1.54, 1.807) is 6.20 Å². The Hall–Kier alpha value is -2.31. The molecule has 0 bridgehead atoms. The number of rotatable bonds is 5. The Morgan fingerprint density at radius 3 is 3.08 bits per heavy atom. The van der Waals surface area contributed by atoms with Crippen LogP contribution < -0.4 is 10.6 Å². The molecule has 3 rings (SSSR count). The number of fused-ring (bicyclic) bond motifs is 1. The molecule has 2 N–H and O–H groups in total. The number of aryl methyl sites for hydroxylation is 1. The zero-order valence-electron chi connectivity index (χ0n) is 14.6. The molecule has 0 radical (unpaired) electrons. The monoisotopic (exact) mass is 330 g/mol. The fourth-order valence-electron chi connectivity index (χ4n) is 3.29. The summed E-state index contributed by atoms with van der Waals surface area (Å²) in [5, 5.41) is 10.3. The maximum absolute atomic E-state index is 12.3. The van der Waals surface area contributed by atoms with Gasteiger partial charge in [0.1, 0.15) is 5.82 Å². The molecule has 0 aliphatic heterocycles. The van der Waals surface area contributed by atoms with Crippen LogP contribution in [0, 0.1) is 5.92 Å². The minimum absolute atomic E-state index is 0.0397. The molecule has 24 heavy (non-hydrogen) atoms. The number of hydrogen-bond donors (Lipinski definition) is 2. The van der Waals surface area contributed by atoms with Crippen molar-refractivity contribution >= 4 is 6.03 Å². The highest BCUT2D eigenvalue weighted by Crippen LogP contribution is 2.28. The van der Waals surface area contributed by atoms with Gasteiger partial charge in [0.15, 0.2) is 0 Å². The summed E-state index contributed by atoms with van der Waals surface area (Å²) in [7, 11) is 1.95. The average Bonchev–Trinajstić information content (AvgIpc) is 3.13. The summed E-state index contributed by atoms with van der Waals surface area (Å²) < 4.78 is 3.99. The van der Waals surface area contributed by atoms with Gasteiger partial charge in [0.2, 0.25) is 0 Å². The first kappa shape index (κ1) is 16.5. The van der Waals surface area contributed by atoms with Gasteiger partial charge in [-0.3, -0.25) is 4.68 Å². The minimum atomic E-state index is -0.157.